The van der Waals surface area contributed by atoms with Crippen molar-refractivity contribution < 1.29 is 19.1 Å². The van der Waals surface area contributed by atoms with E-state index in [1.165, 1.54) is 0 Å². The first-order valence-electron chi connectivity index (χ1n) is 8.04. The number of anilines is 1. The van der Waals surface area contributed by atoms with E-state index in [4.69, 9.17) is 21.1 Å². The average molecular weight is 362 g/mol. The van der Waals surface area contributed by atoms with Gasteiger partial charge < -0.3 is 14.8 Å². The van der Waals surface area contributed by atoms with Crippen molar-refractivity contribution in [1.29, 1.82) is 0 Å². The standard InChI is InChI=1S/C19H20ClNO4/c1-2-3-12-24-19(23)14-8-10-15(11-9-14)25-13-18(22)21-17-7-5-4-6-16(17)20/h4-11H,2-3,12-13H2,1H3,(H,21,22). The van der Waals surface area contributed by atoms with Gasteiger partial charge in [-0.2, -0.15) is 0 Å². The Bertz CT molecular complexity index is 716. The molecule has 0 aliphatic heterocycles. The molecule has 0 heterocycles. The van der Waals surface area contributed by atoms with Crippen molar-refractivity contribution in [3.63, 3.8) is 0 Å². The number of para-hydroxylation sites is 1. The smallest absolute Gasteiger partial charge is 0.338 e. The summed E-state index contributed by atoms with van der Waals surface area (Å²) in [4.78, 5) is 23.7. The number of carbonyl (C=O) groups is 2. The van der Waals surface area contributed by atoms with Crippen LogP contribution in [0.4, 0.5) is 5.69 Å². The summed E-state index contributed by atoms with van der Waals surface area (Å²) < 4.78 is 10.5. The first-order valence-corrected chi connectivity index (χ1v) is 8.42. The zero-order valence-electron chi connectivity index (χ0n) is 14.0. The van der Waals surface area contributed by atoms with E-state index in [0.29, 0.717) is 28.6 Å². The predicted octanol–water partition coefficient (Wildman–Crippen LogP) is 4.31. The third-order valence-corrected chi connectivity index (χ3v) is 3.67. The molecular formula is C19H20ClNO4. The summed E-state index contributed by atoms with van der Waals surface area (Å²) in [5.41, 5.74) is 0.979. The highest BCUT2D eigenvalue weighted by atomic mass is 35.5. The van der Waals surface area contributed by atoms with Gasteiger partial charge in [-0.15, -0.1) is 0 Å². The Morgan fingerprint density at radius 3 is 2.48 bits per heavy atom. The molecule has 0 fully saturated rings. The average Bonchev–Trinajstić information content (AvgIpc) is 2.62. The van der Waals surface area contributed by atoms with E-state index < -0.39 is 0 Å². The third-order valence-electron chi connectivity index (χ3n) is 3.34. The molecule has 0 unspecified atom stereocenters. The van der Waals surface area contributed by atoms with Gasteiger partial charge in [-0.1, -0.05) is 37.1 Å². The van der Waals surface area contributed by atoms with Gasteiger partial charge in [0.25, 0.3) is 5.91 Å². The quantitative estimate of drug-likeness (QED) is 0.562. The van der Waals surface area contributed by atoms with Crippen LogP contribution in [-0.4, -0.2) is 25.1 Å². The monoisotopic (exact) mass is 361 g/mol. The molecular weight excluding hydrogens is 342 g/mol. The van der Waals surface area contributed by atoms with Crippen LogP contribution in [0.5, 0.6) is 5.75 Å². The van der Waals surface area contributed by atoms with Crippen molar-refractivity contribution in [2.24, 2.45) is 0 Å². The van der Waals surface area contributed by atoms with Crippen LogP contribution in [0.15, 0.2) is 48.5 Å². The molecule has 0 radical (unpaired) electrons. The minimum atomic E-state index is -0.364. The van der Waals surface area contributed by atoms with Gasteiger partial charge in [0.1, 0.15) is 5.75 Å². The second-order valence-electron chi connectivity index (χ2n) is 5.33. The summed E-state index contributed by atoms with van der Waals surface area (Å²) in [7, 11) is 0. The number of ether oxygens (including phenoxy) is 2. The summed E-state index contributed by atoms with van der Waals surface area (Å²) in [6.07, 6.45) is 1.81. The van der Waals surface area contributed by atoms with Crippen LogP contribution in [0.2, 0.25) is 5.02 Å². The van der Waals surface area contributed by atoms with E-state index in [9.17, 15) is 9.59 Å². The number of esters is 1. The summed E-state index contributed by atoms with van der Waals surface area (Å²) in [6.45, 7) is 2.28. The van der Waals surface area contributed by atoms with Crippen LogP contribution in [0.25, 0.3) is 0 Å². The van der Waals surface area contributed by atoms with Crippen molar-refractivity contribution in [2.75, 3.05) is 18.5 Å². The predicted molar refractivity (Wildman–Crippen MR) is 97.2 cm³/mol. The maximum atomic E-state index is 11.9. The Labute approximate surface area is 151 Å². The lowest BCUT2D eigenvalue weighted by molar-refractivity contribution is -0.118. The summed E-state index contributed by atoms with van der Waals surface area (Å²) in [5, 5.41) is 3.13. The molecule has 2 rings (SSSR count). The molecule has 0 bridgehead atoms. The van der Waals surface area contributed by atoms with E-state index in [2.05, 4.69) is 5.32 Å². The fourth-order valence-electron chi connectivity index (χ4n) is 1.98. The minimum Gasteiger partial charge on any atom is -0.484 e. The van der Waals surface area contributed by atoms with E-state index in [-0.39, 0.29) is 18.5 Å². The number of hydrogen-bond acceptors (Lipinski definition) is 4. The van der Waals surface area contributed by atoms with Gasteiger partial charge in [-0.25, -0.2) is 4.79 Å². The lowest BCUT2D eigenvalue weighted by Crippen LogP contribution is -2.20. The first-order chi connectivity index (χ1) is 12.1. The molecule has 0 spiro atoms. The molecule has 5 nitrogen and oxygen atoms in total. The molecule has 25 heavy (non-hydrogen) atoms. The SMILES string of the molecule is CCCCOC(=O)c1ccc(OCC(=O)Nc2ccccc2Cl)cc1. The van der Waals surface area contributed by atoms with Gasteiger partial charge >= 0.3 is 5.97 Å². The maximum absolute atomic E-state index is 11.9. The molecule has 0 aliphatic carbocycles. The lowest BCUT2D eigenvalue weighted by Gasteiger charge is -2.09. The Morgan fingerprint density at radius 1 is 1.08 bits per heavy atom. The van der Waals surface area contributed by atoms with Crippen LogP contribution < -0.4 is 10.1 Å². The zero-order valence-corrected chi connectivity index (χ0v) is 14.7. The maximum Gasteiger partial charge on any atom is 0.338 e. The molecule has 2 aromatic rings. The van der Waals surface area contributed by atoms with Crippen LogP contribution in [-0.2, 0) is 9.53 Å². The highest BCUT2D eigenvalue weighted by Crippen LogP contribution is 2.20. The number of hydrogen-bond donors (Lipinski definition) is 1. The molecule has 1 amide bonds. The highest BCUT2D eigenvalue weighted by Gasteiger charge is 2.09. The van der Waals surface area contributed by atoms with E-state index in [1.807, 2.05) is 6.92 Å². The topological polar surface area (TPSA) is 64.6 Å². The number of rotatable bonds is 8. The molecule has 0 aromatic heterocycles. The zero-order chi connectivity index (χ0) is 18.1. The van der Waals surface area contributed by atoms with Crippen LogP contribution in [0.1, 0.15) is 30.1 Å². The van der Waals surface area contributed by atoms with E-state index >= 15 is 0 Å². The number of halogens is 1. The third kappa shape index (κ3) is 6.12. The van der Waals surface area contributed by atoms with Gasteiger partial charge in [-0.3, -0.25) is 4.79 Å². The van der Waals surface area contributed by atoms with Crippen LogP contribution in [0, 0.1) is 0 Å². The van der Waals surface area contributed by atoms with Crippen molar-refractivity contribution in [3.05, 3.63) is 59.1 Å². The molecule has 0 saturated carbocycles. The lowest BCUT2D eigenvalue weighted by atomic mass is 10.2. The number of amides is 1. The highest BCUT2D eigenvalue weighted by molar-refractivity contribution is 6.33. The van der Waals surface area contributed by atoms with Crippen LogP contribution in [0.3, 0.4) is 0 Å². The van der Waals surface area contributed by atoms with Crippen molar-refractivity contribution in [3.8, 4) is 5.75 Å². The van der Waals surface area contributed by atoms with Crippen molar-refractivity contribution >= 4 is 29.2 Å². The second kappa shape index (κ2) is 9.69. The van der Waals surface area contributed by atoms with Gasteiger partial charge in [0.2, 0.25) is 0 Å². The number of unbranched alkanes of at least 4 members (excludes halogenated alkanes) is 1. The largest absolute Gasteiger partial charge is 0.484 e. The molecule has 0 aliphatic rings. The van der Waals surface area contributed by atoms with Crippen molar-refractivity contribution in [2.45, 2.75) is 19.8 Å². The fraction of sp³-hybridized carbons (Fsp3) is 0.263. The summed E-state index contributed by atoms with van der Waals surface area (Å²) >= 11 is 5.98. The first kappa shape index (κ1) is 18.8. The Balaban J connectivity index is 1.82. The second-order valence-corrected chi connectivity index (χ2v) is 5.74. The molecule has 6 heteroatoms. The van der Waals surface area contributed by atoms with Crippen LogP contribution >= 0.6 is 11.6 Å². The van der Waals surface area contributed by atoms with Gasteiger partial charge in [-0.05, 0) is 42.8 Å². The molecule has 2 aromatic carbocycles. The van der Waals surface area contributed by atoms with E-state index in [0.717, 1.165) is 12.8 Å². The number of benzene rings is 2. The summed E-state index contributed by atoms with van der Waals surface area (Å²) in [6, 6.07) is 13.4. The van der Waals surface area contributed by atoms with Gasteiger partial charge in [0, 0.05) is 0 Å². The molecule has 132 valence electrons. The molecule has 1 N–H and O–H groups in total. The number of nitrogens with one attached hydrogen (secondary N) is 1. The minimum absolute atomic E-state index is 0.161. The van der Waals surface area contributed by atoms with Crippen molar-refractivity contribution in [1.82, 2.24) is 0 Å². The Hall–Kier alpha value is -2.53. The fourth-order valence-corrected chi connectivity index (χ4v) is 2.16. The molecule has 0 atom stereocenters. The Kier molecular flexibility index (Phi) is 7.29. The molecule has 0 saturated heterocycles. The Morgan fingerprint density at radius 2 is 1.80 bits per heavy atom. The normalized spacial score (nSPS) is 10.2. The number of carbonyl (C=O) groups excluding carboxylic acids is 2. The van der Waals surface area contributed by atoms with Gasteiger partial charge in [0.15, 0.2) is 6.61 Å². The summed E-state index contributed by atoms with van der Waals surface area (Å²) in [5.74, 6) is -0.202. The van der Waals surface area contributed by atoms with E-state index in [1.54, 1.807) is 48.5 Å². The van der Waals surface area contributed by atoms with Gasteiger partial charge in [0.05, 0.1) is 22.9 Å².